The molecule has 0 saturated carbocycles. The summed E-state index contributed by atoms with van der Waals surface area (Å²) in [5.74, 6) is -0.0356. The molecule has 3 N–H and O–H groups in total. The molecule has 4 nitrogen and oxygen atoms in total. The van der Waals surface area contributed by atoms with Crippen molar-refractivity contribution in [2.24, 2.45) is 5.73 Å². The zero-order valence-electron chi connectivity index (χ0n) is 8.88. The van der Waals surface area contributed by atoms with Crippen LogP contribution < -0.4 is 10.7 Å². The summed E-state index contributed by atoms with van der Waals surface area (Å²) in [6.45, 7) is 3.71. The summed E-state index contributed by atoms with van der Waals surface area (Å²) in [7, 11) is 2.24. The Kier molecular flexibility index (Phi) is 8.68. The Balaban J connectivity index is 3.88. The number of rotatable bonds is 8. The van der Waals surface area contributed by atoms with Gasteiger partial charge in [-0.3, -0.25) is 0 Å². The molecule has 0 saturated heterocycles. The van der Waals surface area contributed by atoms with Gasteiger partial charge in [0.1, 0.15) is 0 Å². The molecule has 0 aliphatic heterocycles. The molecule has 0 aromatic carbocycles. The number of hydrogen-bond donors (Lipinski definition) is 2. The van der Waals surface area contributed by atoms with E-state index in [4.69, 9.17) is 15.2 Å². The third-order valence-corrected chi connectivity index (χ3v) is 5.16. The summed E-state index contributed by atoms with van der Waals surface area (Å²) in [4.78, 5) is 3.44. The van der Waals surface area contributed by atoms with Crippen molar-refractivity contribution in [3.63, 3.8) is 0 Å². The van der Waals surface area contributed by atoms with Crippen LogP contribution in [0.1, 0.15) is 13.3 Å². The van der Waals surface area contributed by atoms with Crippen molar-refractivity contribution in [2.75, 3.05) is 27.3 Å². The van der Waals surface area contributed by atoms with Crippen LogP contribution in [0.3, 0.4) is 0 Å². The third kappa shape index (κ3) is 5.38. The van der Waals surface area contributed by atoms with Crippen LogP contribution in [0.4, 0.5) is 0 Å². The summed E-state index contributed by atoms with van der Waals surface area (Å²) in [5, 5.41) is 0. The van der Waals surface area contributed by atoms with Crippen LogP contribution in [0, 0.1) is 0 Å². The first kappa shape index (κ1) is 13.1. The molecule has 0 aromatic rings. The standard InChI is InChI=1S/C8H22N2O2Si/c1-4-7-13(10-6-5-9)8(11-2)12-3/h8,10,13H,4-7,9H2,1-3H3. The monoisotopic (exact) mass is 206 g/mol. The first-order valence-corrected chi connectivity index (χ1v) is 6.85. The molecule has 0 heterocycles. The molecule has 0 rings (SSSR count). The van der Waals surface area contributed by atoms with Crippen LogP contribution in [-0.4, -0.2) is 42.2 Å². The van der Waals surface area contributed by atoms with E-state index in [1.165, 1.54) is 6.04 Å². The highest BCUT2D eigenvalue weighted by Gasteiger charge is 2.21. The molecule has 0 aromatic heterocycles. The SMILES string of the molecule is CCC[SiH](NCCN)C(OC)OC. The highest BCUT2D eigenvalue weighted by molar-refractivity contribution is 6.57. The zero-order valence-corrected chi connectivity index (χ0v) is 10.0. The van der Waals surface area contributed by atoms with E-state index >= 15 is 0 Å². The lowest BCUT2D eigenvalue weighted by atomic mass is 10.6. The van der Waals surface area contributed by atoms with Crippen LogP contribution in [0.5, 0.6) is 0 Å². The number of ether oxygens (including phenoxy) is 2. The molecule has 0 fully saturated rings. The van der Waals surface area contributed by atoms with Crippen molar-refractivity contribution >= 4 is 8.96 Å². The highest BCUT2D eigenvalue weighted by atomic mass is 28.3. The number of nitrogens with two attached hydrogens (primary N) is 1. The van der Waals surface area contributed by atoms with Gasteiger partial charge in [-0.05, 0) is 6.04 Å². The molecular formula is C8H22N2O2Si. The van der Waals surface area contributed by atoms with Crippen molar-refractivity contribution < 1.29 is 9.47 Å². The highest BCUT2D eigenvalue weighted by Crippen LogP contribution is 2.03. The topological polar surface area (TPSA) is 56.5 Å². The summed E-state index contributed by atoms with van der Waals surface area (Å²) < 4.78 is 10.5. The Morgan fingerprint density at radius 1 is 1.38 bits per heavy atom. The van der Waals surface area contributed by atoms with Crippen LogP contribution in [0.25, 0.3) is 0 Å². The number of nitrogens with one attached hydrogen (secondary N) is 1. The van der Waals surface area contributed by atoms with Gasteiger partial charge in [0.2, 0.25) is 0 Å². The van der Waals surface area contributed by atoms with Gasteiger partial charge in [0.25, 0.3) is 0 Å². The van der Waals surface area contributed by atoms with Crippen molar-refractivity contribution in [3.05, 3.63) is 0 Å². The van der Waals surface area contributed by atoms with E-state index in [1.54, 1.807) is 14.2 Å². The molecule has 0 spiro atoms. The summed E-state index contributed by atoms with van der Waals surface area (Å²) in [5.41, 5.74) is 5.43. The number of methoxy groups -OCH3 is 2. The van der Waals surface area contributed by atoms with Gasteiger partial charge < -0.3 is 20.2 Å². The molecule has 13 heavy (non-hydrogen) atoms. The van der Waals surface area contributed by atoms with Crippen molar-refractivity contribution in [3.8, 4) is 0 Å². The molecular weight excluding hydrogens is 184 g/mol. The lowest BCUT2D eigenvalue weighted by Gasteiger charge is -2.23. The van der Waals surface area contributed by atoms with Crippen LogP contribution in [0.2, 0.25) is 6.04 Å². The molecule has 1 atom stereocenters. The average Bonchev–Trinajstić information content (AvgIpc) is 2.16. The van der Waals surface area contributed by atoms with Crippen LogP contribution in [-0.2, 0) is 9.47 Å². The van der Waals surface area contributed by atoms with Crippen molar-refractivity contribution in [2.45, 2.75) is 25.3 Å². The van der Waals surface area contributed by atoms with Gasteiger partial charge in [-0.1, -0.05) is 13.3 Å². The van der Waals surface area contributed by atoms with Crippen molar-refractivity contribution in [1.29, 1.82) is 0 Å². The average molecular weight is 206 g/mol. The van der Waals surface area contributed by atoms with Crippen LogP contribution >= 0.6 is 0 Å². The molecule has 0 aliphatic rings. The van der Waals surface area contributed by atoms with E-state index in [-0.39, 0.29) is 5.91 Å². The van der Waals surface area contributed by atoms with Gasteiger partial charge in [-0.2, -0.15) is 0 Å². The van der Waals surface area contributed by atoms with E-state index in [1.807, 2.05) is 0 Å². The zero-order chi connectivity index (χ0) is 10.1. The molecule has 0 bridgehead atoms. The molecule has 0 amide bonds. The first-order chi connectivity index (χ1) is 6.29. The second kappa shape index (κ2) is 8.65. The van der Waals surface area contributed by atoms with E-state index in [2.05, 4.69) is 11.9 Å². The Hall–Kier alpha value is 0.0569. The fourth-order valence-electron chi connectivity index (χ4n) is 1.34. The van der Waals surface area contributed by atoms with Gasteiger partial charge in [-0.15, -0.1) is 0 Å². The van der Waals surface area contributed by atoms with E-state index < -0.39 is 8.96 Å². The predicted molar refractivity (Wildman–Crippen MR) is 57.1 cm³/mol. The minimum absolute atomic E-state index is 0.0356. The quantitative estimate of drug-likeness (QED) is 0.427. The normalized spacial score (nSPS) is 13.6. The van der Waals surface area contributed by atoms with Gasteiger partial charge in [0.05, 0.1) is 0 Å². The van der Waals surface area contributed by atoms with E-state index in [0.29, 0.717) is 6.54 Å². The lowest BCUT2D eigenvalue weighted by Crippen LogP contribution is -2.48. The summed E-state index contributed by atoms with van der Waals surface area (Å²) >= 11 is 0. The smallest absolute Gasteiger partial charge is 0.175 e. The minimum Gasteiger partial charge on any atom is -0.358 e. The fraction of sp³-hybridized carbons (Fsp3) is 1.00. The van der Waals surface area contributed by atoms with Gasteiger partial charge >= 0.3 is 0 Å². The first-order valence-electron chi connectivity index (χ1n) is 4.79. The van der Waals surface area contributed by atoms with Gasteiger partial charge in [-0.25, -0.2) is 0 Å². The Morgan fingerprint density at radius 2 is 2.00 bits per heavy atom. The van der Waals surface area contributed by atoms with Gasteiger partial charge in [0.15, 0.2) is 14.9 Å². The molecule has 0 radical (unpaired) electrons. The third-order valence-electron chi connectivity index (χ3n) is 1.94. The fourth-order valence-corrected chi connectivity index (χ4v) is 3.82. The Morgan fingerprint density at radius 3 is 2.38 bits per heavy atom. The Labute approximate surface area is 82.5 Å². The second-order valence-corrected chi connectivity index (χ2v) is 5.72. The van der Waals surface area contributed by atoms with Gasteiger partial charge in [0, 0.05) is 27.3 Å². The maximum absolute atomic E-state index is 5.43. The maximum Gasteiger partial charge on any atom is 0.175 e. The summed E-state index contributed by atoms with van der Waals surface area (Å²) in [6.07, 6.45) is 1.16. The largest absolute Gasteiger partial charge is 0.358 e. The lowest BCUT2D eigenvalue weighted by molar-refractivity contribution is -0.0485. The molecule has 80 valence electrons. The van der Waals surface area contributed by atoms with E-state index in [9.17, 15) is 0 Å². The van der Waals surface area contributed by atoms with Crippen LogP contribution in [0.15, 0.2) is 0 Å². The summed E-state index contributed by atoms with van der Waals surface area (Å²) in [6, 6.07) is 1.17. The minimum atomic E-state index is -1.14. The second-order valence-electron chi connectivity index (χ2n) is 2.98. The predicted octanol–water partition coefficient (Wildman–Crippen LogP) is -0.173. The Bertz CT molecular complexity index is 112. The van der Waals surface area contributed by atoms with Crippen molar-refractivity contribution in [1.82, 2.24) is 4.98 Å². The number of hydrogen-bond acceptors (Lipinski definition) is 4. The molecule has 0 aliphatic carbocycles. The maximum atomic E-state index is 5.43. The molecule has 1 unspecified atom stereocenters. The molecule has 5 heteroatoms. The van der Waals surface area contributed by atoms with E-state index in [0.717, 1.165) is 13.0 Å².